The Kier molecular flexibility index (Phi) is 2.90. The van der Waals surface area contributed by atoms with Crippen LogP contribution >= 0.6 is 0 Å². The van der Waals surface area contributed by atoms with E-state index in [9.17, 15) is 9.59 Å². The summed E-state index contributed by atoms with van der Waals surface area (Å²) in [6, 6.07) is 9.43. The van der Waals surface area contributed by atoms with Crippen LogP contribution in [0.3, 0.4) is 0 Å². The van der Waals surface area contributed by atoms with Gasteiger partial charge in [0, 0.05) is 25.7 Å². The predicted molar refractivity (Wildman–Crippen MR) is 61.0 cm³/mol. The first-order valence-corrected chi connectivity index (χ1v) is 5.29. The molecule has 0 spiro atoms. The van der Waals surface area contributed by atoms with Crippen LogP contribution in [0.15, 0.2) is 30.3 Å². The quantitative estimate of drug-likeness (QED) is 0.797. The summed E-state index contributed by atoms with van der Waals surface area (Å²) < 4.78 is 0. The van der Waals surface area contributed by atoms with Crippen LogP contribution in [-0.4, -0.2) is 25.4 Å². The molecule has 0 aliphatic carbocycles. The van der Waals surface area contributed by atoms with Crippen LogP contribution in [-0.2, 0) is 9.59 Å². The van der Waals surface area contributed by atoms with E-state index in [1.54, 1.807) is 11.9 Å². The summed E-state index contributed by atoms with van der Waals surface area (Å²) in [5, 5.41) is 2.58. The maximum atomic E-state index is 11.8. The third-order valence-corrected chi connectivity index (χ3v) is 2.81. The summed E-state index contributed by atoms with van der Waals surface area (Å²) in [5.74, 6) is -0.274. The highest BCUT2D eigenvalue weighted by atomic mass is 16.2. The number of rotatable bonds is 2. The van der Waals surface area contributed by atoms with Gasteiger partial charge in [-0.05, 0) is 12.1 Å². The van der Waals surface area contributed by atoms with E-state index in [1.807, 2.05) is 30.3 Å². The maximum Gasteiger partial charge on any atom is 0.227 e. The fourth-order valence-electron chi connectivity index (χ4n) is 1.94. The normalized spacial score (nSPS) is 19.9. The minimum absolute atomic E-state index is 0.0137. The Morgan fingerprint density at radius 3 is 2.69 bits per heavy atom. The molecule has 1 aromatic carbocycles. The summed E-state index contributed by atoms with van der Waals surface area (Å²) in [6.45, 7) is 0.475. The molecule has 1 aliphatic rings. The van der Waals surface area contributed by atoms with Crippen LogP contribution < -0.4 is 10.2 Å². The number of amides is 2. The van der Waals surface area contributed by atoms with Gasteiger partial charge in [0.2, 0.25) is 11.8 Å². The van der Waals surface area contributed by atoms with Crippen molar-refractivity contribution in [3.63, 3.8) is 0 Å². The predicted octanol–water partition coefficient (Wildman–Crippen LogP) is 0.785. The molecule has 2 rings (SSSR count). The first-order valence-electron chi connectivity index (χ1n) is 5.29. The molecule has 84 valence electrons. The molecule has 4 nitrogen and oxygen atoms in total. The van der Waals surface area contributed by atoms with Gasteiger partial charge in [-0.1, -0.05) is 18.2 Å². The summed E-state index contributed by atoms with van der Waals surface area (Å²) in [6.07, 6.45) is 0.300. The zero-order chi connectivity index (χ0) is 11.5. The fraction of sp³-hybridized carbons (Fsp3) is 0.333. The number of carbonyl (C=O) groups is 2. The number of carbonyl (C=O) groups excluding carboxylic acids is 2. The van der Waals surface area contributed by atoms with Gasteiger partial charge < -0.3 is 10.2 Å². The number of nitrogens with zero attached hydrogens (tertiary/aromatic N) is 1. The van der Waals surface area contributed by atoms with E-state index in [1.165, 1.54) is 0 Å². The molecule has 1 atom stereocenters. The van der Waals surface area contributed by atoms with Crippen molar-refractivity contribution in [3.8, 4) is 0 Å². The van der Waals surface area contributed by atoms with Crippen LogP contribution in [0.4, 0.5) is 5.69 Å². The average Bonchev–Trinajstić information content (AvgIpc) is 2.71. The number of benzene rings is 1. The van der Waals surface area contributed by atoms with E-state index in [0.29, 0.717) is 13.0 Å². The van der Waals surface area contributed by atoms with Gasteiger partial charge in [-0.15, -0.1) is 0 Å². The summed E-state index contributed by atoms with van der Waals surface area (Å²) in [7, 11) is 1.60. The summed E-state index contributed by atoms with van der Waals surface area (Å²) in [4.78, 5) is 24.9. The van der Waals surface area contributed by atoms with Crippen molar-refractivity contribution in [1.29, 1.82) is 0 Å². The van der Waals surface area contributed by atoms with Gasteiger partial charge in [-0.3, -0.25) is 9.59 Å². The molecule has 0 radical (unpaired) electrons. The van der Waals surface area contributed by atoms with Crippen molar-refractivity contribution in [2.75, 3.05) is 18.5 Å². The number of para-hydroxylation sites is 1. The van der Waals surface area contributed by atoms with Gasteiger partial charge in [0.15, 0.2) is 0 Å². The molecule has 1 N–H and O–H groups in total. The molecule has 1 heterocycles. The molecule has 1 aliphatic heterocycles. The van der Waals surface area contributed by atoms with Crippen molar-refractivity contribution in [1.82, 2.24) is 5.32 Å². The van der Waals surface area contributed by atoms with Crippen LogP contribution in [0.25, 0.3) is 0 Å². The highest BCUT2D eigenvalue weighted by molar-refractivity contribution is 6.00. The largest absolute Gasteiger partial charge is 0.359 e. The number of anilines is 1. The van der Waals surface area contributed by atoms with Gasteiger partial charge in [0.05, 0.1) is 5.92 Å². The molecule has 1 fully saturated rings. The Morgan fingerprint density at radius 2 is 2.06 bits per heavy atom. The van der Waals surface area contributed by atoms with Gasteiger partial charge in [-0.25, -0.2) is 0 Å². The van der Waals surface area contributed by atoms with Crippen LogP contribution in [0.5, 0.6) is 0 Å². The highest BCUT2D eigenvalue weighted by Gasteiger charge is 2.34. The zero-order valence-corrected chi connectivity index (χ0v) is 9.14. The maximum absolute atomic E-state index is 11.8. The number of hydrogen-bond donors (Lipinski definition) is 1. The third-order valence-electron chi connectivity index (χ3n) is 2.81. The molecule has 0 bridgehead atoms. The van der Waals surface area contributed by atoms with Crippen molar-refractivity contribution in [3.05, 3.63) is 30.3 Å². The Labute approximate surface area is 94.2 Å². The van der Waals surface area contributed by atoms with Crippen LogP contribution in [0.2, 0.25) is 0 Å². The standard InChI is InChI=1S/C12H14N2O2/c1-13-12(16)9-7-11(15)14(8-9)10-5-3-2-4-6-10/h2-6,9H,7-8H2,1H3,(H,13,16)/t9-/m0/s1. The van der Waals surface area contributed by atoms with E-state index in [4.69, 9.17) is 0 Å². The number of nitrogens with one attached hydrogen (secondary N) is 1. The van der Waals surface area contributed by atoms with E-state index in [2.05, 4.69) is 5.32 Å². The van der Waals surface area contributed by atoms with Crippen LogP contribution in [0, 0.1) is 5.92 Å². The lowest BCUT2D eigenvalue weighted by molar-refractivity contribution is -0.125. The highest BCUT2D eigenvalue weighted by Crippen LogP contribution is 2.24. The zero-order valence-electron chi connectivity index (χ0n) is 9.14. The molecule has 2 amide bonds. The Bertz CT molecular complexity index is 403. The van der Waals surface area contributed by atoms with Crippen LogP contribution in [0.1, 0.15) is 6.42 Å². The van der Waals surface area contributed by atoms with Gasteiger partial charge in [0.25, 0.3) is 0 Å². The second kappa shape index (κ2) is 4.35. The molecule has 4 heteroatoms. The smallest absolute Gasteiger partial charge is 0.227 e. The second-order valence-electron chi connectivity index (χ2n) is 3.86. The summed E-state index contributed by atoms with van der Waals surface area (Å²) in [5.41, 5.74) is 0.860. The lowest BCUT2D eigenvalue weighted by Crippen LogP contribution is -2.30. The monoisotopic (exact) mass is 218 g/mol. The molecular formula is C12H14N2O2. The van der Waals surface area contributed by atoms with Gasteiger partial charge in [-0.2, -0.15) is 0 Å². The minimum Gasteiger partial charge on any atom is -0.359 e. The van der Waals surface area contributed by atoms with E-state index >= 15 is 0 Å². The first-order chi connectivity index (χ1) is 7.72. The molecular weight excluding hydrogens is 204 g/mol. The molecule has 0 saturated carbocycles. The summed E-state index contributed by atoms with van der Waals surface area (Å²) >= 11 is 0. The SMILES string of the molecule is CNC(=O)[C@H]1CC(=O)N(c2ccccc2)C1. The lowest BCUT2D eigenvalue weighted by Gasteiger charge is -2.16. The minimum atomic E-state index is -0.224. The molecule has 1 saturated heterocycles. The van der Waals surface area contributed by atoms with Crippen molar-refractivity contribution in [2.45, 2.75) is 6.42 Å². The van der Waals surface area contributed by atoms with Gasteiger partial charge >= 0.3 is 0 Å². The van der Waals surface area contributed by atoms with E-state index in [0.717, 1.165) is 5.69 Å². The van der Waals surface area contributed by atoms with E-state index in [-0.39, 0.29) is 17.7 Å². The molecule has 0 unspecified atom stereocenters. The van der Waals surface area contributed by atoms with Crippen molar-refractivity contribution in [2.24, 2.45) is 5.92 Å². The van der Waals surface area contributed by atoms with Crippen molar-refractivity contribution < 1.29 is 9.59 Å². The lowest BCUT2D eigenvalue weighted by atomic mass is 10.1. The Morgan fingerprint density at radius 1 is 1.38 bits per heavy atom. The average molecular weight is 218 g/mol. The molecule has 1 aromatic rings. The first kappa shape index (κ1) is 10.7. The van der Waals surface area contributed by atoms with Gasteiger partial charge in [0.1, 0.15) is 0 Å². The topological polar surface area (TPSA) is 49.4 Å². The Balaban J connectivity index is 2.14. The second-order valence-corrected chi connectivity index (χ2v) is 3.86. The molecule has 0 aromatic heterocycles. The number of hydrogen-bond acceptors (Lipinski definition) is 2. The van der Waals surface area contributed by atoms with E-state index < -0.39 is 0 Å². The van der Waals surface area contributed by atoms with Crippen molar-refractivity contribution >= 4 is 17.5 Å². The Hall–Kier alpha value is -1.84. The fourth-order valence-corrected chi connectivity index (χ4v) is 1.94. The molecule has 16 heavy (non-hydrogen) atoms. The third kappa shape index (κ3) is 1.91.